The first-order valence-electron chi connectivity index (χ1n) is 12.4. The highest BCUT2D eigenvalue weighted by Crippen LogP contribution is 2.25. The molecular formula is C22H50NO7PS2. The Kier molecular flexibility index (Phi) is 25.9. The van der Waals surface area contributed by atoms with Gasteiger partial charge in [0.1, 0.15) is 0 Å². The predicted octanol–water partition coefficient (Wildman–Crippen LogP) is 4.96. The van der Waals surface area contributed by atoms with Crippen LogP contribution in [0.4, 0.5) is 0 Å². The molecule has 0 fully saturated rings. The number of hydrogen-bond acceptors (Lipinski definition) is 5. The van der Waals surface area contributed by atoms with E-state index < -0.39 is 17.8 Å². The molecule has 0 radical (unpaired) electrons. The topological polar surface area (TPSA) is 144 Å². The van der Waals surface area contributed by atoms with E-state index in [0.29, 0.717) is 5.75 Å². The maximum Gasteiger partial charge on any atom is 0.466 e. The van der Waals surface area contributed by atoms with Crippen LogP contribution >= 0.6 is 19.6 Å². The molecule has 0 rings (SSSR count). The highest BCUT2D eigenvalue weighted by molar-refractivity contribution is 7.99. The van der Waals surface area contributed by atoms with E-state index in [1.54, 1.807) is 11.8 Å². The quantitative estimate of drug-likeness (QED) is 0.0966. The van der Waals surface area contributed by atoms with Gasteiger partial charge in [0, 0.05) is 5.75 Å². The van der Waals surface area contributed by atoms with Gasteiger partial charge >= 0.3 is 7.82 Å². The highest BCUT2D eigenvalue weighted by Gasteiger charge is 2.12. The summed E-state index contributed by atoms with van der Waals surface area (Å²) >= 11 is 1.73. The smallest absolute Gasteiger partial charge is 0.395 e. The Morgan fingerprint density at radius 3 is 1.39 bits per heavy atom. The minimum Gasteiger partial charge on any atom is -0.395 e. The first-order valence-corrected chi connectivity index (χ1v) is 17.0. The summed E-state index contributed by atoms with van der Waals surface area (Å²) in [7, 11) is -7.87. The molecule has 5 N–H and O–H groups in total. The summed E-state index contributed by atoms with van der Waals surface area (Å²) in [5.74, 6) is 1.68. The number of aliphatic hydroxyl groups excluding tert-OH is 1. The van der Waals surface area contributed by atoms with Crippen LogP contribution in [-0.4, -0.2) is 58.6 Å². The van der Waals surface area contributed by atoms with Gasteiger partial charge in [0.05, 0.1) is 18.9 Å². The zero-order chi connectivity index (χ0) is 25.4. The molecule has 0 heterocycles. The van der Waals surface area contributed by atoms with Crippen molar-refractivity contribution in [1.29, 1.82) is 0 Å². The number of nitrogens with one attached hydrogen (secondary N) is 1. The van der Waals surface area contributed by atoms with Crippen LogP contribution in [0.25, 0.3) is 0 Å². The number of unbranched alkanes of at least 4 members (excludes halogenated alkanes) is 15. The third-order valence-electron chi connectivity index (χ3n) is 5.06. The summed E-state index contributed by atoms with van der Waals surface area (Å²) in [5.41, 5.74) is 0. The van der Waals surface area contributed by atoms with Crippen LogP contribution in [0, 0.1) is 0 Å². The van der Waals surface area contributed by atoms with E-state index in [1.807, 2.05) is 0 Å². The summed E-state index contributed by atoms with van der Waals surface area (Å²) in [4.78, 5) is 21.6. The molecular weight excluding hydrogens is 485 g/mol. The lowest BCUT2D eigenvalue weighted by atomic mass is 10.0. The van der Waals surface area contributed by atoms with Gasteiger partial charge in [0.25, 0.3) is 0 Å². The van der Waals surface area contributed by atoms with Crippen molar-refractivity contribution in [3.05, 3.63) is 0 Å². The molecule has 8 nitrogen and oxygen atoms in total. The van der Waals surface area contributed by atoms with Crippen molar-refractivity contribution >= 4 is 29.6 Å². The van der Waals surface area contributed by atoms with Crippen molar-refractivity contribution < 1.29 is 32.8 Å². The fourth-order valence-corrected chi connectivity index (χ4v) is 5.32. The van der Waals surface area contributed by atoms with Crippen LogP contribution in [0.2, 0.25) is 0 Å². The number of phosphoric acid groups is 1. The maximum atomic E-state index is 11.2. The van der Waals surface area contributed by atoms with E-state index in [-0.39, 0.29) is 12.6 Å². The van der Waals surface area contributed by atoms with Crippen molar-refractivity contribution in [2.45, 2.75) is 116 Å². The molecule has 0 spiro atoms. The van der Waals surface area contributed by atoms with E-state index in [4.69, 9.17) is 19.2 Å². The molecule has 0 aromatic heterocycles. The van der Waals surface area contributed by atoms with Gasteiger partial charge in [-0.3, -0.25) is 0 Å². The van der Waals surface area contributed by atoms with E-state index in [1.165, 1.54) is 103 Å². The normalized spacial score (nSPS) is 12.9. The predicted molar refractivity (Wildman–Crippen MR) is 140 cm³/mol. The number of hydrogen-bond donors (Lipinski definition) is 5. The molecule has 0 aromatic carbocycles. The third kappa shape index (κ3) is 39.8. The van der Waals surface area contributed by atoms with Crippen molar-refractivity contribution in [2.24, 2.45) is 0 Å². The minimum absolute atomic E-state index is 0.140. The van der Waals surface area contributed by atoms with Crippen LogP contribution in [0.3, 0.4) is 0 Å². The number of thioether (sulfide) groups is 1. The molecule has 0 saturated carbocycles. The molecule has 33 heavy (non-hydrogen) atoms. The Labute approximate surface area is 207 Å². The Morgan fingerprint density at radius 2 is 1.09 bits per heavy atom. The lowest BCUT2D eigenvalue weighted by molar-refractivity contribution is 0.267. The van der Waals surface area contributed by atoms with Gasteiger partial charge in [0.2, 0.25) is 10.0 Å². The van der Waals surface area contributed by atoms with Gasteiger partial charge in [-0.05, 0) is 12.2 Å². The molecule has 0 unspecified atom stereocenters. The SMILES string of the molecule is CCCCCCCCCCCCCCCCCCSC[C@H](CO)NS(C)(=O)=O.O=P(O)(O)O. The van der Waals surface area contributed by atoms with E-state index in [9.17, 15) is 13.5 Å². The Hall–Kier alpha value is 0.330. The van der Waals surface area contributed by atoms with Crippen LogP contribution in [0.1, 0.15) is 110 Å². The molecule has 0 bridgehead atoms. The van der Waals surface area contributed by atoms with Gasteiger partial charge in [-0.25, -0.2) is 17.7 Å². The lowest BCUT2D eigenvalue weighted by Crippen LogP contribution is -2.38. The van der Waals surface area contributed by atoms with Crippen LogP contribution in [-0.2, 0) is 14.6 Å². The fourth-order valence-electron chi connectivity index (χ4n) is 3.40. The Balaban J connectivity index is 0. The monoisotopic (exact) mass is 535 g/mol. The second-order valence-corrected chi connectivity index (χ2v) is 12.6. The van der Waals surface area contributed by atoms with E-state index >= 15 is 0 Å². The minimum atomic E-state index is -4.64. The summed E-state index contributed by atoms with van der Waals surface area (Å²) in [6, 6.07) is -0.360. The van der Waals surface area contributed by atoms with Gasteiger partial charge in [-0.15, -0.1) is 0 Å². The average molecular weight is 536 g/mol. The van der Waals surface area contributed by atoms with Gasteiger partial charge in [-0.2, -0.15) is 11.8 Å². The molecule has 0 aromatic rings. The zero-order valence-corrected chi connectivity index (χ0v) is 23.3. The van der Waals surface area contributed by atoms with Crippen LogP contribution in [0.5, 0.6) is 0 Å². The van der Waals surface area contributed by atoms with Gasteiger partial charge in [-0.1, -0.05) is 103 Å². The second kappa shape index (κ2) is 24.0. The van der Waals surface area contributed by atoms with Gasteiger partial charge in [0.15, 0.2) is 0 Å². The summed E-state index contributed by atoms with van der Waals surface area (Å²) in [5, 5.41) is 9.19. The van der Waals surface area contributed by atoms with Crippen molar-refractivity contribution in [2.75, 3.05) is 24.4 Å². The summed E-state index contributed by atoms with van der Waals surface area (Å²) in [6.45, 7) is 2.14. The fraction of sp³-hybridized carbons (Fsp3) is 1.00. The second-order valence-electron chi connectivity index (χ2n) is 8.66. The molecule has 0 amide bonds. The molecule has 0 saturated heterocycles. The standard InChI is InChI=1S/C22H47NO3S2.H3O4P/c1-3-4-5-6-7-8-9-10-11-12-13-14-15-16-17-18-19-27-21-22(20-24)23-28(2,25)26;1-5(2,3)4/h22-24H,3-21H2,1-2H3;(H3,1,2,3,4)/t22-;/m0./s1. The van der Waals surface area contributed by atoms with Crippen LogP contribution in [0.15, 0.2) is 0 Å². The highest BCUT2D eigenvalue weighted by atomic mass is 32.2. The lowest BCUT2D eigenvalue weighted by Gasteiger charge is -2.14. The first-order chi connectivity index (χ1) is 15.5. The largest absolute Gasteiger partial charge is 0.466 e. The number of aliphatic hydroxyl groups is 1. The molecule has 0 aliphatic heterocycles. The number of rotatable bonds is 22. The van der Waals surface area contributed by atoms with Gasteiger partial charge < -0.3 is 19.8 Å². The van der Waals surface area contributed by atoms with Crippen LogP contribution < -0.4 is 4.72 Å². The Morgan fingerprint density at radius 1 is 0.758 bits per heavy atom. The molecule has 1 atom stereocenters. The van der Waals surface area contributed by atoms with E-state index in [2.05, 4.69) is 11.6 Å². The van der Waals surface area contributed by atoms with E-state index in [0.717, 1.165) is 12.0 Å². The number of sulfonamides is 1. The molecule has 202 valence electrons. The summed E-state index contributed by atoms with van der Waals surface area (Å²) < 4.78 is 33.7. The zero-order valence-electron chi connectivity index (χ0n) is 20.8. The van der Waals surface area contributed by atoms with Crippen molar-refractivity contribution in [3.63, 3.8) is 0 Å². The summed E-state index contributed by atoms with van der Waals surface area (Å²) in [6.07, 6.45) is 23.2. The maximum absolute atomic E-state index is 11.2. The molecule has 0 aliphatic rings. The third-order valence-corrected chi connectivity index (χ3v) is 7.04. The first kappa shape index (κ1) is 35.5. The Bertz CT molecular complexity index is 551. The van der Waals surface area contributed by atoms with Crippen molar-refractivity contribution in [1.82, 2.24) is 4.72 Å². The molecule has 0 aliphatic carbocycles. The average Bonchev–Trinajstić information content (AvgIpc) is 2.70. The van der Waals surface area contributed by atoms with Crippen molar-refractivity contribution in [3.8, 4) is 0 Å². The molecule has 11 heteroatoms.